The van der Waals surface area contributed by atoms with Crippen LogP contribution in [0.15, 0.2) is 18.2 Å². The van der Waals surface area contributed by atoms with E-state index in [9.17, 15) is 9.18 Å². The van der Waals surface area contributed by atoms with Crippen LogP contribution in [0.25, 0.3) is 0 Å². The van der Waals surface area contributed by atoms with Gasteiger partial charge in [0.25, 0.3) is 5.91 Å². The number of nitrogens with zero attached hydrogens (tertiary/aromatic N) is 2. The second-order valence-corrected chi connectivity index (χ2v) is 3.76. The summed E-state index contributed by atoms with van der Waals surface area (Å²) in [5.41, 5.74) is -0.00930. The first kappa shape index (κ1) is 11.5. The average molecular weight is 255 g/mol. The van der Waals surface area contributed by atoms with Gasteiger partial charge in [0.2, 0.25) is 5.82 Å². The molecular weight excluding hydrogens is 247 g/mol. The third-order valence-electron chi connectivity index (χ3n) is 1.98. The van der Waals surface area contributed by atoms with Crippen LogP contribution in [0.2, 0.25) is 5.02 Å². The van der Waals surface area contributed by atoms with Gasteiger partial charge in [0.1, 0.15) is 11.6 Å². The number of hydrogen-bond acceptors (Lipinski definition) is 3. The van der Waals surface area contributed by atoms with Gasteiger partial charge in [-0.2, -0.15) is 0 Å². The van der Waals surface area contributed by atoms with Crippen LogP contribution in [0, 0.1) is 12.7 Å². The van der Waals surface area contributed by atoms with E-state index in [0.717, 1.165) is 0 Å². The summed E-state index contributed by atoms with van der Waals surface area (Å²) >= 11 is 5.70. The fourth-order valence-corrected chi connectivity index (χ4v) is 1.39. The van der Waals surface area contributed by atoms with Crippen LogP contribution in [-0.4, -0.2) is 21.1 Å². The van der Waals surface area contributed by atoms with Crippen molar-refractivity contribution in [2.45, 2.75) is 6.92 Å². The monoisotopic (exact) mass is 254 g/mol. The molecule has 0 fully saturated rings. The molecule has 0 saturated carbocycles. The molecule has 2 N–H and O–H groups in total. The lowest BCUT2D eigenvalue weighted by Crippen LogP contribution is -2.14. The number of amides is 1. The van der Waals surface area contributed by atoms with Crippen molar-refractivity contribution in [2.24, 2.45) is 0 Å². The Labute approximate surface area is 101 Å². The minimum atomic E-state index is -0.601. The molecule has 0 radical (unpaired) electrons. The maximum absolute atomic E-state index is 13.3. The van der Waals surface area contributed by atoms with Crippen LogP contribution in [0.4, 0.5) is 10.1 Å². The topological polar surface area (TPSA) is 70.7 Å². The van der Waals surface area contributed by atoms with Crippen molar-refractivity contribution >= 4 is 23.2 Å². The molecule has 2 aromatic rings. The fraction of sp³-hybridized carbons (Fsp3) is 0.100. The van der Waals surface area contributed by atoms with E-state index in [2.05, 4.69) is 20.5 Å². The second-order valence-electron chi connectivity index (χ2n) is 3.32. The summed E-state index contributed by atoms with van der Waals surface area (Å²) < 4.78 is 13.3. The van der Waals surface area contributed by atoms with E-state index in [1.807, 2.05) is 0 Å². The van der Waals surface area contributed by atoms with Gasteiger partial charge in [0, 0.05) is 5.02 Å². The van der Waals surface area contributed by atoms with Crippen LogP contribution in [0.5, 0.6) is 0 Å². The molecule has 0 spiro atoms. The van der Waals surface area contributed by atoms with E-state index < -0.39 is 11.7 Å². The minimum absolute atomic E-state index is 0.00930. The van der Waals surface area contributed by atoms with E-state index >= 15 is 0 Å². The van der Waals surface area contributed by atoms with Gasteiger partial charge < -0.3 is 5.32 Å². The number of carbonyl (C=O) groups is 1. The lowest BCUT2D eigenvalue weighted by molar-refractivity contribution is 0.101. The number of nitrogens with one attached hydrogen (secondary N) is 2. The molecule has 0 saturated heterocycles. The molecule has 1 aromatic carbocycles. The Morgan fingerprint density at radius 3 is 2.94 bits per heavy atom. The van der Waals surface area contributed by atoms with Gasteiger partial charge in [-0.1, -0.05) is 11.6 Å². The van der Waals surface area contributed by atoms with E-state index in [1.54, 1.807) is 6.92 Å². The van der Waals surface area contributed by atoms with E-state index in [4.69, 9.17) is 11.6 Å². The van der Waals surface area contributed by atoms with E-state index in [1.165, 1.54) is 18.2 Å². The highest BCUT2D eigenvalue weighted by Crippen LogP contribution is 2.19. The van der Waals surface area contributed by atoms with E-state index in [-0.39, 0.29) is 11.5 Å². The minimum Gasteiger partial charge on any atom is -0.317 e. The van der Waals surface area contributed by atoms with E-state index in [0.29, 0.717) is 10.8 Å². The molecule has 88 valence electrons. The SMILES string of the molecule is Cc1nc(C(=O)Nc2cc(Cl)ccc2F)n[nH]1. The van der Waals surface area contributed by atoms with Crippen LogP contribution < -0.4 is 5.32 Å². The summed E-state index contributed by atoms with van der Waals surface area (Å²) in [7, 11) is 0. The number of halogens is 2. The molecule has 0 aliphatic carbocycles. The van der Waals surface area contributed by atoms with Crippen LogP contribution in [0.1, 0.15) is 16.4 Å². The molecule has 0 bridgehead atoms. The van der Waals surface area contributed by atoms with Crippen molar-refractivity contribution in [1.82, 2.24) is 15.2 Å². The lowest BCUT2D eigenvalue weighted by Gasteiger charge is -2.04. The summed E-state index contributed by atoms with van der Waals surface area (Å²) in [4.78, 5) is 15.4. The number of aryl methyl sites for hydroxylation is 1. The largest absolute Gasteiger partial charge is 0.317 e. The Morgan fingerprint density at radius 1 is 1.53 bits per heavy atom. The normalized spacial score (nSPS) is 10.3. The Kier molecular flexibility index (Phi) is 3.06. The summed E-state index contributed by atoms with van der Waals surface area (Å²) in [6.07, 6.45) is 0. The predicted molar refractivity (Wildman–Crippen MR) is 60.5 cm³/mol. The fourth-order valence-electron chi connectivity index (χ4n) is 1.22. The van der Waals surface area contributed by atoms with Gasteiger partial charge in [-0.3, -0.25) is 9.89 Å². The number of rotatable bonds is 2. The molecule has 2 rings (SSSR count). The molecular formula is C10H8ClFN4O. The molecule has 1 amide bonds. The van der Waals surface area contributed by atoms with Crippen molar-refractivity contribution in [3.8, 4) is 0 Å². The Hall–Kier alpha value is -1.95. The van der Waals surface area contributed by atoms with Crippen LogP contribution in [0.3, 0.4) is 0 Å². The highest BCUT2D eigenvalue weighted by atomic mass is 35.5. The van der Waals surface area contributed by atoms with Gasteiger partial charge in [0.15, 0.2) is 0 Å². The highest BCUT2D eigenvalue weighted by Gasteiger charge is 2.13. The van der Waals surface area contributed by atoms with Gasteiger partial charge in [-0.25, -0.2) is 9.37 Å². The summed E-state index contributed by atoms with van der Waals surface area (Å²) in [5, 5.41) is 8.84. The maximum atomic E-state index is 13.3. The third-order valence-corrected chi connectivity index (χ3v) is 2.21. The summed E-state index contributed by atoms with van der Waals surface area (Å²) in [5.74, 6) is -0.728. The Bertz CT molecular complexity index is 569. The average Bonchev–Trinajstić information content (AvgIpc) is 2.70. The number of anilines is 1. The molecule has 0 atom stereocenters. The van der Waals surface area contributed by atoms with Crippen LogP contribution >= 0.6 is 11.6 Å². The molecule has 1 heterocycles. The number of aromatic amines is 1. The first-order chi connectivity index (χ1) is 8.06. The smallest absolute Gasteiger partial charge is 0.295 e. The molecule has 0 aliphatic rings. The quantitative estimate of drug-likeness (QED) is 0.863. The predicted octanol–water partition coefficient (Wildman–Crippen LogP) is 2.16. The summed E-state index contributed by atoms with van der Waals surface area (Å²) in [6, 6.07) is 3.87. The zero-order valence-corrected chi connectivity index (χ0v) is 9.55. The molecule has 5 nitrogen and oxygen atoms in total. The number of carbonyl (C=O) groups excluding carboxylic acids is 1. The highest BCUT2D eigenvalue weighted by molar-refractivity contribution is 6.30. The standard InChI is InChI=1S/C10H8ClFN4O/c1-5-13-9(16-15-5)10(17)14-8-4-6(11)2-3-7(8)12/h2-4H,1H3,(H,14,17)(H,13,15,16). The molecule has 0 aliphatic heterocycles. The molecule has 1 aromatic heterocycles. The Morgan fingerprint density at radius 2 is 2.29 bits per heavy atom. The number of H-pyrrole nitrogens is 1. The number of hydrogen-bond donors (Lipinski definition) is 2. The van der Waals surface area contributed by atoms with Gasteiger partial charge in [0.05, 0.1) is 5.69 Å². The first-order valence-electron chi connectivity index (χ1n) is 4.71. The Balaban J connectivity index is 2.21. The second kappa shape index (κ2) is 4.50. The van der Waals surface area contributed by atoms with Crippen molar-refractivity contribution in [3.05, 3.63) is 40.7 Å². The van der Waals surface area contributed by atoms with Crippen molar-refractivity contribution in [3.63, 3.8) is 0 Å². The van der Waals surface area contributed by atoms with Crippen molar-refractivity contribution < 1.29 is 9.18 Å². The van der Waals surface area contributed by atoms with Gasteiger partial charge in [-0.15, -0.1) is 5.10 Å². The first-order valence-corrected chi connectivity index (χ1v) is 5.09. The number of aromatic nitrogens is 3. The number of benzene rings is 1. The zero-order chi connectivity index (χ0) is 12.4. The summed E-state index contributed by atoms with van der Waals surface area (Å²) in [6.45, 7) is 1.66. The van der Waals surface area contributed by atoms with Crippen molar-refractivity contribution in [2.75, 3.05) is 5.32 Å². The lowest BCUT2D eigenvalue weighted by atomic mass is 10.3. The molecule has 0 unspecified atom stereocenters. The van der Waals surface area contributed by atoms with Crippen molar-refractivity contribution in [1.29, 1.82) is 0 Å². The van der Waals surface area contributed by atoms with Crippen LogP contribution in [-0.2, 0) is 0 Å². The zero-order valence-electron chi connectivity index (χ0n) is 8.79. The molecule has 7 heteroatoms. The molecule has 17 heavy (non-hydrogen) atoms. The van der Waals surface area contributed by atoms with Gasteiger partial charge >= 0.3 is 0 Å². The maximum Gasteiger partial charge on any atom is 0.295 e. The third kappa shape index (κ3) is 2.59. The van der Waals surface area contributed by atoms with Gasteiger partial charge in [-0.05, 0) is 25.1 Å².